The first kappa shape index (κ1) is 87.0. The molecule has 12 aromatic heterocycles. The Labute approximate surface area is 856 Å². The first-order valence-corrected chi connectivity index (χ1v) is 50.3. The van der Waals surface area contributed by atoms with Gasteiger partial charge >= 0.3 is 0 Å². The number of hydrogen-bond acceptors (Lipinski definition) is 7. The van der Waals surface area contributed by atoms with E-state index in [1.165, 1.54) is 139 Å². The Bertz CT molecular complexity index is 10400. The Morgan fingerprint density at radius 1 is 0.274 bits per heavy atom. The highest BCUT2D eigenvalue weighted by Crippen LogP contribution is 2.50. The third kappa shape index (κ3) is 15.4. The van der Waals surface area contributed by atoms with E-state index in [1.54, 1.807) is 6.07 Å². The summed E-state index contributed by atoms with van der Waals surface area (Å²) in [6.07, 6.45) is 11.5. The smallest absolute Gasteiger partial charge is 0.224 e. The van der Waals surface area contributed by atoms with Crippen molar-refractivity contribution in [1.82, 2.24) is 9.97 Å². The molecule has 146 heavy (non-hydrogen) atoms. The van der Waals surface area contributed by atoms with Crippen molar-refractivity contribution in [3.8, 4) is 56.3 Å². The van der Waals surface area contributed by atoms with Crippen LogP contribution in [0.2, 0.25) is 0 Å². The van der Waals surface area contributed by atoms with E-state index in [2.05, 4.69) is 376 Å². The molecule has 0 fully saturated rings. The van der Waals surface area contributed by atoms with Gasteiger partial charge in [0.25, 0.3) is 0 Å². The number of para-hydroxylation sites is 3. The van der Waals surface area contributed by atoms with E-state index in [0.717, 1.165) is 183 Å². The van der Waals surface area contributed by atoms with E-state index in [-0.39, 0.29) is 0 Å². The molecule has 15 aromatic carbocycles. The standard InChI is InChI=1S/2C31H29N2O.C25H22NO.C24H20NO.C23H18NO/c2*1-17(2)21-11-12-24-22(16-21)13-14-33(6)29(24)27-19(4)18(3)15-26-28-31(34-30(26)27)25-10-8-7-9-23(25)20(5)32-28;1-4-17-13-14-26(3)21(15-17)23-16(2)18-9-5-6-10-19(18)24-20-11-7-8-12-22(20)27-25(23)24;1-15-12-13-25(3)20(14-15)22-16(2)17-8-4-5-9-18(17)23-19-10-6-7-11-21(19)26-24(22)23;1-15-16-9-3-4-10-17(16)22-18-11-5-6-13-20(18)25-23(22)21(15)19-12-7-8-14-24(19)2/h2*7-17H,1-6H3;5-15H,4H2,1-3H3;4-14H,1-3H3;3-14H,1-2H3/q5*+1/i1D3,17D;17D;;;. The molecule has 1 unspecified atom stereocenters. The molecule has 0 radical (unpaired) electrons. The molecule has 27 aromatic rings. The highest BCUT2D eigenvalue weighted by Gasteiger charge is 2.33. The van der Waals surface area contributed by atoms with Gasteiger partial charge in [-0.05, 0) is 240 Å². The fourth-order valence-electron chi connectivity index (χ4n) is 22.6. The first-order valence-electron chi connectivity index (χ1n) is 52.8. The Balaban J connectivity index is 0.000000104. The second-order valence-electron chi connectivity index (χ2n) is 39.8. The van der Waals surface area contributed by atoms with Gasteiger partial charge in [0.15, 0.2) is 53.3 Å². The van der Waals surface area contributed by atoms with Crippen molar-refractivity contribution in [2.24, 2.45) is 35.2 Å². The van der Waals surface area contributed by atoms with E-state index in [9.17, 15) is 0 Å². The summed E-state index contributed by atoms with van der Waals surface area (Å²) in [7, 11) is 10.4. The maximum absolute atomic E-state index is 8.58. The van der Waals surface area contributed by atoms with Crippen molar-refractivity contribution >= 4 is 185 Å². The second-order valence-corrected chi connectivity index (χ2v) is 39.8. The van der Waals surface area contributed by atoms with Crippen LogP contribution < -0.4 is 22.8 Å². The lowest BCUT2D eigenvalue weighted by Gasteiger charge is -2.12. The molecular weight excluding hydrogens is 1790 g/mol. The van der Waals surface area contributed by atoms with E-state index in [0.29, 0.717) is 5.56 Å². The highest BCUT2D eigenvalue weighted by atomic mass is 16.3. The van der Waals surface area contributed by atoms with Crippen molar-refractivity contribution in [2.45, 2.75) is 122 Å². The Morgan fingerprint density at radius 3 is 1.03 bits per heavy atom. The summed E-state index contributed by atoms with van der Waals surface area (Å²) in [5.41, 5.74) is 36.5. The van der Waals surface area contributed by atoms with Gasteiger partial charge in [0.1, 0.15) is 79.8 Å². The summed E-state index contributed by atoms with van der Waals surface area (Å²) in [6, 6.07) is 103. The fraction of sp³-hybridized carbons (Fsp3) is 0.172. The van der Waals surface area contributed by atoms with Gasteiger partial charge in [0, 0.05) is 131 Å². The molecule has 0 amide bonds. The van der Waals surface area contributed by atoms with Crippen molar-refractivity contribution in [2.75, 3.05) is 0 Å². The monoisotopic (exact) mass is 1910 g/mol. The van der Waals surface area contributed by atoms with E-state index >= 15 is 0 Å². The van der Waals surface area contributed by atoms with Crippen LogP contribution >= 0.6 is 0 Å². The quantitative estimate of drug-likeness (QED) is 0.139. The number of fused-ring (bicyclic) bond motifs is 27. The number of nitrogens with zero attached hydrogens (tertiary/aromatic N) is 7. The maximum atomic E-state index is 8.58. The minimum atomic E-state index is -2.44. The summed E-state index contributed by atoms with van der Waals surface area (Å²) < 4.78 is 84.1. The SMILES string of the molecule is CCc1cc[n+](C)c(-c2c(C)c3ccccc3c3c2oc2ccccc23)c1.Cc1c(-c2cccc[n+]2C)c2oc3ccccc3c2c2ccccc12.Cc1cc[n+](C)c(-c2c(C)c3ccccc3c3c2oc2ccccc23)c1.[2H]C(C)(C)c1ccc2c(-c3c(C)c(C)cc4c3oc3c5ccccc5c(C)nc43)[n+](C)ccc2c1.[2H]C([2H])([2H])C([2H])(C)c1ccc2c(-c3c(C)c(C)cc4c3oc3c5ccccc5c(C)nc43)[n+](C)ccc2c1. The molecule has 12 heteroatoms. The van der Waals surface area contributed by atoms with Crippen LogP contribution in [0.1, 0.15) is 126 Å². The van der Waals surface area contributed by atoms with Crippen LogP contribution in [0.25, 0.3) is 242 Å². The Hall–Kier alpha value is -16.8. The van der Waals surface area contributed by atoms with Gasteiger partial charge < -0.3 is 22.1 Å². The van der Waals surface area contributed by atoms with Crippen LogP contribution in [0.15, 0.2) is 350 Å². The topological polar surface area (TPSA) is 111 Å². The molecule has 0 aliphatic heterocycles. The van der Waals surface area contributed by atoms with Gasteiger partial charge in [-0.2, -0.15) is 0 Å². The van der Waals surface area contributed by atoms with Crippen LogP contribution in [-0.2, 0) is 41.7 Å². The molecular formula is C134H118N7O5+5. The van der Waals surface area contributed by atoms with Gasteiger partial charge in [0.05, 0.1) is 38.6 Å². The third-order valence-electron chi connectivity index (χ3n) is 30.5. The van der Waals surface area contributed by atoms with Gasteiger partial charge in [-0.15, -0.1) is 0 Å². The summed E-state index contributed by atoms with van der Waals surface area (Å²) in [6.45, 7) is 26.5. The number of aromatic nitrogens is 7. The highest BCUT2D eigenvalue weighted by molar-refractivity contribution is 6.27. The molecule has 0 spiro atoms. The second kappa shape index (κ2) is 36.8. The zero-order chi connectivity index (χ0) is 105. The molecule has 0 N–H and O–H groups in total. The minimum Gasteiger partial charge on any atom is -0.455 e. The average molecular weight is 1910 g/mol. The van der Waals surface area contributed by atoms with E-state index < -0.39 is 18.6 Å². The lowest BCUT2D eigenvalue weighted by Crippen LogP contribution is -2.31. The molecule has 1 atom stereocenters. The van der Waals surface area contributed by atoms with Gasteiger partial charge in [-0.3, -0.25) is 0 Å². The molecule has 12 heterocycles. The minimum absolute atomic E-state index is 0.464. The van der Waals surface area contributed by atoms with Crippen LogP contribution in [-0.4, -0.2) is 9.97 Å². The molecule has 27 rings (SSSR count). The van der Waals surface area contributed by atoms with Crippen LogP contribution in [0.5, 0.6) is 0 Å². The first-order chi connectivity index (χ1) is 72.6. The lowest BCUT2D eigenvalue weighted by molar-refractivity contribution is -0.660. The molecule has 714 valence electrons. The van der Waals surface area contributed by atoms with E-state index in [4.69, 9.17) is 38.9 Å². The maximum Gasteiger partial charge on any atom is 0.224 e. The van der Waals surface area contributed by atoms with Crippen molar-refractivity contribution in [1.29, 1.82) is 0 Å². The summed E-state index contributed by atoms with van der Waals surface area (Å²) >= 11 is 0. The van der Waals surface area contributed by atoms with E-state index in [1.807, 2.05) is 94.7 Å². The molecule has 0 aliphatic carbocycles. The fourth-order valence-corrected chi connectivity index (χ4v) is 22.6. The average Bonchev–Trinajstić information content (AvgIpc) is 1.60. The Kier molecular flexibility index (Phi) is 22.0. The summed E-state index contributed by atoms with van der Waals surface area (Å²) in [4.78, 5) is 9.97. The van der Waals surface area contributed by atoms with Crippen molar-refractivity contribution in [3.05, 3.63) is 401 Å². The van der Waals surface area contributed by atoms with Crippen LogP contribution in [0.4, 0.5) is 0 Å². The Morgan fingerprint density at radius 2 is 0.623 bits per heavy atom. The number of rotatable bonds is 8. The van der Waals surface area contributed by atoms with Crippen molar-refractivity contribution < 1.29 is 51.8 Å². The molecule has 0 saturated heterocycles. The lowest BCUT2D eigenvalue weighted by atomic mass is 9.92. The number of hydrogen-bond donors (Lipinski definition) is 0. The predicted octanol–water partition coefficient (Wildman–Crippen LogP) is 33.1. The van der Waals surface area contributed by atoms with Crippen LogP contribution in [0, 0.1) is 69.2 Å². The number of furan rings is 5. The van der Waals surface area contributed by atoms with Crippen LogP contribution in [0.3, 0.4) is 0 Å². The van der Waals surface area contributed by atoms with Crippen molar-refractivity contribution in [3.63, 3.8) is 0 Å². The van der Waals surface area contributed by atoms with Gasteiger partial charge in [-0.1, -0.05) is 235 Å². The predicted molar refractivity (Wildman–Crippen MR) is 605 cm³/mol. The molecule has 0 saturated carbocycles. The van der Waals surface area contributed by atoms with Gasteiger partial charge in [0.2, 0.25) is 28.5 Å². The number of pyridine rings is 7. The van der Waals surface area contributed by atoms with Gasteiger partial charge in [-0.25, -0.2) is 32.8 Å². The zero-order valence-corrected chi connectivity index (χ0v) is 86.1. The number of benzene rings is 15. The summed E-state index contributed by atoms with van der Waals surface area (Å²) in [5.74, 6) is -2.36. The molecule has 12 nitrogen and oxygen atoms in total. The third-order valence-corrected chi connectivity index (χ3v) is 30.5. The summed E-state index contributed by atoms with van der Waals surface area (Å²) in [5, 5.41) is 25.2. The molecule has 0 bridgehead atoms. The largest absolute Gasteiger partial charge is 0.455 e. The molecule has 0 aliphatic rings. The number of aryl methyl sites for hydroxylation is 14. The normalized spacial score (nSPS) is 12.9. The zero-order valence-electron chi connectivity index (χ0n) is 91.1.